The maximum absolute atomic E-state index is 13.5. The van der Waals surface area contributed by atoms with E-state index in [9.17, 15) is 9.59 Å². The molecule has 0 atom stereocenters. The molecule has 0 fully saturated rings. The standard InChI is InChI=1S/C25H21NO3S/c1-17-10-6-8-14-20(17)26-24(27)22(19-13-7-9-15-21(19)29-2)23(25(26)28)30-16-18-11-4-3-5-12-18/h3-15H,16H2,1-2H3. The topological polar surface area (TPSA) is 46.6 Å². The number of amides is 2. The number of aryl methyl sites for hydroxylation is 1. The minimum absolute atomic E-state index is 0.295. The molecule has 0 N–H and O–H groups in total. The lowest BCUT2D eigenvalue weighted by Crippen LogP contribution is -2.31. The van der Waals surface area contributed by atoms with Crippen LogP contribution in [0, 0.1) is 6.92 Å². The molecule has 3 aromatic carbocycles. The number of hydrogen-bond acceptors (Lipinski definition) is 4. The van der Waals surface area contributed by atoms with Crippen LogP contribution in [-0.2, 0) is 15.3 Å². The molecule has 3 aromatic rings. The molecule has 4 nitrogen and oxygen atoms in total. The largest absolute Gasteiger partial charge is 0.496 e. The minimum atomic E-state index is -0.325. The second-order valence-corrected chi connectivity index (χ2v) is 7.90. The highest BCUT2D eigenvalue weighted by atomic mass is 32.2. The molecule has 0 aliphatic carbocycles. The fourth-order valence-corrected chi connectivity index (χ4v) is 4.55. The zero-order valence-corrected chi connectivity index (χ0v) is 17.6. The zero-order chi connectivity index (χ0) is 21.1. The fourth-order valence-electron chi connectivity index (χ4n) is 3.50. The summed E-state index contributed by atoms with van der Waals surface area (Å²) in [5, 5.41) is 0. The Bertz CT molecular complexity index is 1140. The van der Waals surface area contributed by atoms with Gasteiger partial charge >= 0.3 is 0 Å². The van der Waals surface area contributed by atoms with Crippen molar-refractivity contribution in [3.05, 3.63) is 100 Å². The third-order valence-electron chi connectivity index (χ3n) is 5.00. The van der Waals surface area contributed by atoms with Crippen molar-refractivity contribution in [1.29, 1.82) is 0 Å². The van der Waals surface area contributed by atoms with Gasteiger partial charge < -0.3 is 4.74 Å². The fraction of sp³-hybridized carbons (Fsp3) is 0.120. The van der Waals surface area contributed by atoms with Crippen molar-refractivity contribution < 1.29 is 14.3 Å². The SMILES string of the molecule is COc1ccccc1C1=C(SCc2ccccc2)C(=O)N(c2ccccc2C)C1=O. The van der Waals surface area contributed by atoms with Gasteiger partial charge in [0.15, 0.2) is 0 Å². The molecule has 5 heteroatoms. The number of nitrogens with zero attached hydrogens (tertiary/aromatic N) is 1. The van der Waals surface area contributed by atoms with E-state index in [2.05, 4.69) is 0 Å². The Morgan fingerprint density at radius 1 is 0.833 bits per heavy atom. The summed E-state index contributed by atoms with van der Waals surface area (Å²) >= 11 is 1.39. The Kier molecular flexibility index (Phi) is 5.72. The van der Waals surface area contributed by atoms with Gasteiger partial charge in [-0.3, -0.25) is 9.59 Å². The number of para-hydroxylation sites is 2. The van der Waals surface area contributed by atoms with E-state index >= 15 is 0 Å². The molecule has 1 aliphatic rings. The lowest BCUT2D eigenvalue weighted by molar-refractivity contribution is -0.119. The molecule has 0 unspecified atom stereocenters. The van der Waals surface area contributed by atoms with Crippen LogP contribution in [0.5, 0.6) is 5.75 Å². The second-order valence-electron chi connectivity index (χ2n) is 6.91. The Hall–Kier alpha value is -3.31. The van der Waals surface area contributed by atoms with Gasteiger partial charge in [-0.15, -0.1) is 11.8 Å². The second kappa shape index (κ2) is 8.59. The first-order chi connectivity index (χ1) is 14.6. The normalized spacial score (nSPS) is 13.9. The molecular formula is C25H21NO3S. The van der Waals surface area contributed by atoms with Gasteiger partial charge in [-0.1, -0.05) is 66.7 Å². The summed E-state index contributed by atoms with van der Waals surface area (Å²) in [6.07, 6.45) is 0. The molecule has 1 aliphatic heterocycles. The van der Waals surface area contributed by atoms with Gasteiger partial charge in [-0.25, -0.2) is 4.90 Å². The lowest BCUT2D eigenvalue weighted by atomic mass is 10.0. The Labute approximate surface area is 180 Å². The Morgan fingerprint density at radius 3 is 2.23 bits per heavy atom. The summed E-state index contributed by atoms with van der Waals surface area (Å²) in [6, 6.07) is 24.6. The van der Waals surface area contributed by atoms with Crippen molar-refractivity contribution >= 4 is 34.8 Å². The predicted octanol–water partition coefficient (Wildman–Crippen LogP) is 5.22. The van der Waals surface area contributed by atoms with E-state index in [1.165, 1.54) is 16.7 Å². The summed E-state index contributed by atoms with van der Waals surface area (Å²) in [7, 11) is 1.57. The number of imide groups is 1. The van der Waals surface area contributed by atoms with Gasteiger partial charge in [0.05, 0.1) is 23.3 Å². The first-order valence-corrected chi connectivity index (χ1v) is 10.6. The van der Waals surface area contributed by atoms with Crippen LogP contribution in [0.2, 0.25) is 0 Å². The van der Waals surface area contributed by atoms with Gasteiger partial charge in [-0.05, 0) is 30.2 Å². The molecule has 2 amide bonds. The van der Waals surface area contributed by atoms with Gasteiger partial charge in [0, 0.05) is 11.3 Å². The van der Waals surface area contributed by atoms with Crippen LogP contribution in [0.15, 0.2) is 83.8 Å². The minimum Gasteiger partial charge on any atom is -0.496 e. The average Bonchev–Trinajstić information content (AvgIpc) is 3.02. The maximum atomic E-state index is 13.5. The smallest absolute Gasteiger partial charge is 0.272 e. The van der Waals surface area contributed by atoms with Gasteiger partial charge in [0.1, 0.15) is 5.75 Å². The van der Waals surface area contributed by atoms with E-state index in [0.717, 1.165) is 11.1 Å². The molecule has 0 aromatic heterocycles. The molecule has 150 valence electrons. The third kappa shape index (κ3) is 3.64. The third-order valence-corrected chi connectivity index (χ3v) is 6.15. The van der Waals surface area contributed by atoms with Crippen molar-refractivity contribution in [3.8, 4) is 5.75 Å². The van der Waals surface area contributed by atoms with Crippen molar-refractivity contribution in [3.63, 3.8) is 0 Å². The van der Waals surface area contributed by atoms with Crippen molar-refractivity contribution in [1.82, 2.24) is 0 Å². The van der Waals surface area contributed by atoms with Crippen LogP contribution in [0.3, 0.4) is 0 Å². The van der Waals surface area contributed by atoms with Gasteiger partial charge in [-0.2, -0.15) is 0 Å². The average molecular weight is 416 g/mol. The molecule has 0 saturated carbocycles. The number of carbonyl (C=O) groups excluding carboxylic acids is 2. The van der Waals surface area contributed by atoms with Gasteiger partial charge in [0.2, 0.25) is 0 Å². The van der Waals surface area contributed by atoms with E-state index in [1.807, 2.05) is 73.7 Å². The molecule has 30 heavy (non-hydrogen) atoms. The van der Waals surface area contributed by atoms with E-state index < -0.39 is 0 Å². The lowest BCUT2D eigenvalue weighted by Gasteiger charge is -2.17. The monoisotopic (exact) mass is 415 g/mol. The maximum Gasteiger partial charge on any atom is 0.272 e. The number of methoxy groups -OCH3 is 1. The quantitative estimate of drug-likeness (QED) is 0.518. The predicted molar refractivity (Wildman–Crippen MR) is 121 cm³/mol. The van der Waals surface area contributed by atoms with E-state index in [0.29, 0.717) is 33.2 Å². The molecule has 0 saturated heterocycles. The molecule has 0 bridgehead atoms. The molecule has 1 heterocycles. The highest BCUT2D eigenvalue weighted by molar-refractivity contribution is 8.03. The van der Waals surface area contributed by atoms with Crippen LogP contribution in [0.4, 0.5) is 5.69 Å². The van der Waals surface area contributed by atoms with Crippen LogP contribution in [0.25, 0.3) is 5.57 Å². The molecule has 0 radical (unpaired) electrons. The first-order valence-electron chi connectivity index (χ1n) is 9.60. The van der Waals surface area contributed by atoms with Crippen molar-refractivity contribution in [2.24, 2.45) is 0 Å². The number of thioether (sulfide) groups is 1. The van der Waals surface area contributed by atoms with Crippen LogP contribution in [-0.4, -0.2) is 18.9 Å². The highest BCUT2D eigenvalue weighted by Crippen LogP contribution is 2.42. The zero-order valence-electron chi connectivity index (χ0n) is 16.8. The molecule has 0 spiro atoms. The van der Waals surface area contributed by atoms with Gasteiger partial charge in [0.25, 0.3) is 11.8 Å². The van der Waals surface area contributed by atoms with E-state index in [1.54, 1.807) is 19.2 Å². The number of ether oxygens (including phenoxy) is 1. The van der Waals surface area contributed by atoms with Crippen LogP contribution >= 0.6 is 11.8 Å². The number of anilines is 1. The van der Waals surface area contributed by atoms with Crippen molar-refractivity contribution in [2.45, 2.75) is 12.7 Å². The molecule has 4 rings (SSSR count). The summed E-state index contributed by atoms with van der Waals surface area (Å²) in [4.78, 5) is 28.7. The number of carbonyl (C=O) groups is 2. The summed E-state index contributed by atoms with van der Waals surface area (Å²) in [5.74, 6) is 0.540. The Balaban J connectivity index is 1.80. The summed E-state index contributed by atoms with van der Waals surface area (Å²) in [5.41, 5.74) is 3.58. The summed E-state index contributed by atoms with van der Waals surface area (Å²) in [6.45, 7) is 1.90. The number of benzene rings is 3. The number of rotatable bonds is 6. The molecular weight excluding hydrogens is 394 g/mol. The van der Waals surface area contributed by atoms with E-state index in [-0.39, 0.29) is 11.8 Å². The van der Waals surface area contributed by atoms with Crippen LogP contribution < -0.4 is 9.64 Å². The highest BCUT2D eigenvalue weighted by Gasteiger charge is 2.41. The van der Waals surface area contributed by atoms with Crippen LogP contribution in [0.1, 0.15) is 16.7 Å². The first kappa shape index (κ1) is 20.0. The number of hydrogen-bond donors (Lipinski definition) is 0. The van der Waals surface area contributed by atoms with Crippen molar-refractivity contribution in [2.75, 3.05) is 12.0 Å². The Morgan fingerprint density at radius 2 is 1.50 bits per heavy atom. The summed E-state index contributed by atoms with van der Waals surface area (Å²) < 4.78 is 5.49. The van der Waals surface area contributed by atoms with E-state index in [4.69, 9.17) is 4.74 Å².